The molecule has 2 rings (SSSR count). The Morgan fingerprint density at radius 2 is 1.97 bits per heavy atom. The predicted octanol–water partition coefficient (Wildman–Crippen LogP) is 3.86. The van der Waals surface area contributed by atoms with Gasteiger partial charge in [0.1, 0.15) is 6.26 Å². The Labute approximate surface area is 175 Å². The minimum absolute atomic E-state index is 0.00756. The number of nitrogens with zero attached hydrogens (tertiary/aromatic N) is 3. The molecule has 0 saturated heterocycles. The van der Waals surface area contributed by atoms with E-state index in [9.17, 15) is 19.7 Å². The van der Waals surface area contributed by atoms with Gasteiger partial charge in [-0.15, -0.1) is 0 Å². The number of hydrogen-bond acceptors (Lipinski definition) is 6. The predicted molar refractivity (Wildman–Crippen MR) is 111 cm³/mol. The molecule has 0 aliphatic carbocycles. The van der Waals surface area contributed by atoms with Gasteiger partial charge in [0.25, 0.3) is 17.5 Å². The van der Waals surface area contributed by atoms with Gasteiger partial charge in [0, 0.05) is 29.3 Å². The molecule has 0 spiro atoms. The molecule has 162 valence electrons. The lowest BCUT2D eigenvalue weighted by Crippen LogP contribution is -2.38. The summed E-state index contributed by atoms with van der Waals surface area (Å²) >= 11 is 0. The van der Waals surface area contributed by atoms with Crippen LogP contribution in [0.15, 0.2) is 28.9 Å². The third-order valence-corrected chi connectivity index (χ3v) is 5.12. The van der Waals surface area contributed by atoms with Gasteiger partial charge < -0.3 is 14.6 Å². The standard InChI is InChI=1S/C21H28N4O5/c1-6-14(4)22-20(26)17-12-30-19(23-17)11-24(15(5)7-2)21(27)16-9-8-13(3)18(10-16)25(28)29/h8-10,12,14-15H,6-7,11H2,1-5H3,(H,22,26). The number of rotatable bonds is 9. The molecule has 1 aromatic carbocycles. The van der Waals surface area contributed by atoms with Crippen molar-refractivity contribution in [1.29, 1.82) is 0 Å². The zero-order chi connectivity index (χ0) is 22.4. The van der Waals surface area contributed by atoms with Crippen LogP contribution < -0.4 is 5.32 Å². The second-order valence-electron chi connectivity index (χ2n) is 7.36. The minimum atomic E-state index is -0.504. The van der Waals surface area contributed by atoms with Crippen LogP contribution in [0.4, 0.5) is 5.69 Å². The largest absolute Gasteiger partial charge is 0.446 e. The molecule has 9 nitrogen and oxygen atoms in total. The lowest BCUT2D eigenvalue weighted by Gasteiger charge is -2.27. The molecule has 0 radical (unpaired) electrons. The second kappa shape index (κ2) is 10.00. The van der Waals surface area contributed by atoms with E-state index in [1.807, 2.05) is 27.7 Å². The van der Waals surface area contributed by atoms with E-state index in [4.69, 9.17) is 4.42 Å². The van der Waals surface area contributed by atoms with Gasteiger partial charge in [0.2, 0.25) is 5.89 Å². The smallest absolute Gasteiger partial charge is 0.273 e. The van der Waals surface area contributed by atoms with Crippen molar-refractivity contribution < 1.29 is 18.9 Å². The fourth-order valence-corrected chi connectivity index (χ4v) is 2.79. The minimum Gasteiger partial charge on any atom is -0.446 e. The molecule has 2 aromatic rings. The summed E-state index contributed by atoms with van der Waals surface area (Å²) in [6, 6.07) is 4.26. The zero-order valence-corrected chi connectivity index (χ0v) is 18.0. The van der Waals surface area contributed by atoms with Crippen LogP contribution in [0, 0.1) is 17.0 Å². The number of carbonyl (C=O) groups is 2. The maximum atomic E-state index is 13.1. The SMILES string of the molecule is CCC(C)NC(=O)c1coc(CN(C(=O)c2ccc(C)c([N+](=O)[O-])c2)C(C)CC)n1. The summed E-state index contributed by atoms with van der Waals surface area (Å²) in [5.74, 6) is -0.481. The van der Waals surface area contributed by atoms with E-state index in [-0.39, 0.29) is 53.3 Å². The van der Waals surface area contributed by atoms with Crippen molar-refractivity contribution in [2.45, 2.75) is 66.1 Å². The molecular formula is C21H28N4O5. The maximum absolute atomic E-state index is 13.1. The molecule has 1 N–H and O–H groups in total. The molecule has 2 unspecified atom stereocenters. The summed E-state index contributed by atoms with van der Waals surface area (Å²) in [5, 5.41) is 14.0. The number of amides is 2. The first-order valence-electron chi connectivity index (χ1n) is 9.99. The third-order valence-electron chi connectivity index (χ3n) is 5.12. The zero-order valence-electron chi connectivity index (χ0n) is 18.0. The summed E-state index contributed by atoms with van der Waals surface area (Å²) in [6.07, 6.45) is 2.72. The second-order valence-corrected chi connectivity index (χ2v) is 7.36. The van der Waals surface area contributed by atoms with E-state index in [1.54, 1.807) is 19.1 Å². The first kappa shape index (κ1) is 23.1. The van der Waals surface area contributed by atoms with E-state index >= 15 is 0 Å². The highest BCUT2D eigenvalue weighted by Crippen LogP contribution is 2.22. The average Bonchev–Trinajstić information content (AvgIpc) is 3.19. The third kappa shape index (κ3) is 5.43. The van der Waals surface area contributed by atoms with Gasteiger partial charge in [-0.1, -0.05) is 19.9 Å². The van der Waals surface area contributed by atoms with Crippen molar-refractivity contribution in [3.05, 3.63) is 57.3 Å². The Kier molecular flexibility index (Phi) is 7.68. The summed E-state index contributed by atoms with van der Waals surface area (Å²) < 4.78 is 5.42. The fourth-order valence-electron chi connectivity index (χ4n) is 2.79. The summed E-state index contributed by atoms with van der Waals surface area (Å²) in [5.41, 5.74) is 0.739. The molecule has 0 aliphatic heterocycles. The lowest BCUT2D eigenvalue weighted by molar-refractivity contribution is -0.385. The van der Waals surface area contributed by atoms with Gasteiger partial charge in [-0.3, -0.25) is 19.7 Å². The van der Waals surface area contributed by atoms with Crippen molar-refractivity contribution in [2.24, 2.45) is 0 Å². The fraction of sp³-hybridized carbons (Fsp3) is 0.476. The van der Waals surface area contributed by atoms with Crippen molar-refractivity contribution in [3.63, 3.8) is 0 Å². The van der Waals surface area contributed by atoms with Gasteiger partial charge in [-0.2, -0.15) is 0 Å². The molecular weight excluding hydrogens is 388 g/mol. The molecule has 0 bridgehead atoms. The van der Waals surface area contributed by atoms with E-state index in [0.29, 0.717) is 12.0 Å². The van der Waals surface area contributed by atoms with Gasteiger partial charge in [-0.25, -0.2) is 4.98 Å². The number of nitrogens with one attached hydrogen (secondary N) is 1. The normalized spacial score (nSPS) is 12.8. The molecule has 1 aromatic heterocycles. The molecule has 0 fully saturated rings. The number of benzene rings is 1. The van der Waals surface area contributed by atoms with Crippen LogP contribution in [0.25, 0.3) is 0 Å². The number of carbonyl (C=O) groups excluding carboxylic acids is 2. The molecule has 0 aliphatic rings. The highest BCUT2D eigenvalue weighted by molar-refractivity contribution is 5.95. The van der Waals surface area contributed by atoms with Crippen LogP contribution in [-0.2, 0) is 6.54 Å². The molecule has 2 amide bonds. The van der Waals surface area contributed by atoms with Gasteiger partial charge in [0.15, 0.2) is 5.69 Å². The van der Waals surface area contributed by atoms with Crippen LogP contribution in [0.5, 0.6) is 0 Å². The molecule has 2 atom stereocenters. The van der Waals surface area contributed by atoms with Crippen LogP contribution in [-0.4, -0.2) is 38.7 Å². The Morgan fingerprint density at radius 1 is 1.27 bits per heavy atom. The molecule has 1 heterocycles. The van der Waals surface area contributed by atoms with Crippen LogP contribution >= 0.6 is 0 Å². The molecule has 0 saturated carbocycles. The van der Waals surface area contributed by atoms with E-state index in [2.05, 4.69) is 10.3 Å². The number of nitro groups is 1. The van der Waals surface area contributed by atoms with Crippen molar-refractivity contribution >= 4 is 17.5 Å². The van der Waals surface area contributed by atoms with Crippen molar-refractivity contribution in [2.75, 3.05) is 0 Å². The Bertz CT molecular complexity index is 924. The number of hydrogen-bond donors (Lipinski definition) is 1. The van der Waals surface area contributed by atoms with E-state index in [0.717, 1.165) is 6.42 Å². The highest BCUT2D eigenvalue weighted by atomic mass is 16.6. The Hall–Kier alpha value is -3.23. The Morgan fingerprint density at radius 3 is 2.57 bits per heavy atom. The summed E-state index contributed by atoms with van der Waals surface area (Å²) in [6.45, 7) is 9.33. The monoisotopic (exact) mass is 416 g/mol. The van der Waals surface area contributed by atoms with Gasteiger partial charge >= 0.3 is 0 Å². The average molecular weight is 416 g/mol. The molecule has 9 heteroatoms. The quantitative estimate of drug-likeness (QED) is 0.490. The number of oxazole rings is 1. The number of aryl methyl sites for hydroxylation is 1. The van der Waals surface area contributed by atoms with E-state index < -0.39 is 4.92 Å². The highest BCUT2D eigenvalue weighted by Gasteiger charge is 2.25. The van der Waals surface area contributed by atoms with Gasteiger partial charge in [-0.05, 0) is 39.7 Å². The first-order chi connectivity index (χ1) is 14.2. The number of aromatic nitrogens is 1. The Balaban J connectivity index is 2.25. The van der Waals surface area contributed by atoms with E-state index in [1.165, 1.54) is 17.2 Å². The van der Waals surface area contributed by atoms with Crippen molar-refractivity contribution in [3.8, 4) is 0 Å². The van der Waals surface area contributed by atoms with Gasteiger partial charge in [0.05, 0.1) is 11.5 Å². The summed E-state index contributed by atoms with van der Waals surface area (Å²) in [7, 11) is 0. The van der Waals surface area contributed by atoms with Crippen LogP contribution in [0.1, 0.15) is 72.8 Å². The maximum Gasteiger partial charge on any atom is 0.273 e. The van der Waals surface area contributed by atoms with Crippen LogP contribution in [0.2, 0.25) is 0 Å². The topological polar surface area (TPSA) is 119 Å². The molecule has 30 heavy (non-hydrogen) atoms. The summed E-state index contributed by atoms with van der Waals surface area (Å²) in [4.78, 5) is 41.8. The first-order valence-corrected chi connectivity index (χ1v) is 9.99. The lowest BCUT2D eigenvalue weighted by atomic mass is 10.1. The van der Waals surface area contributed by atoms with Crippen molar-refractivity contribution in [1.82, 2.24) is 15.2 Å². The number of nitro benzene ring substituents is 1. The van der Waals surface area contributed by atoms with Crippen LogP contribution in [0.3, 0.4) is 0 Å².